The van der Waals surface area contributed by atoms with E-state index in [0.29, 0.717) is 0 Å². The lowest BCUT2D eigenvalue weighted by atomic mass is 9.70. The summed E-state index contributed by atoms with van der Waals surface area (Å²) in [5, 5.41) is 2.46. The maximum Gasteiger partial charge on any atom is 0.0746 e. The zero-order valence-electron chi connectivity index (χ0n) is 38.3. The third-order valence-corrected chi connectivity index (χ3v) is 14.8. The minimum Gasteiger partial charge on any atom is -0.310 e. The van der Waals surface area contributed by atoms with Crippen molar-refractivity contribution in [1.82, 2.24) is 4.57 Å². The van der Waals surface area contributed by atoms with Crippen LogP contribution in [0.4, 0.5) is 34.1 Å². The van der Waals surface area contributed by atoms with Crippen LogP contribution < -0.4 is 9.80 Å². The lowest BCUT2D eigenvalue weighted by Gasteiger charge is -2.36. The van der Waals surface area contributed by atoms with Gasteiger partial charge >= 0.3 is 0 Å². The summed E-state index contributed by atoms with van der Waals surface area (Å²) in [6, 6.07) is 100. The van der Waals surface area contributed by atoms with Crippen molar-refractivity contribution in [2.24, 2.45) is 0 Å². The lowest BCUT2D eigenvalue weighted by Crippen LogP contribution is -2.28. The number of hydrogen-bond donors (Lipinski definition) is 0. The van der Waals surface area contributed by atoms with Gasteiger partial charge in [-0.1, -0.05) is 188 Å². The van der Waals surface area contributed by atoms with E-state index in [1.807, 2.05) is 0 Å². The molecule has 3 nitrogen and oxygen atoms in total. The third-order valence-electron chi connectivity index (χ3n) is 14.8. The predicted octanol–water partition coefficient (Wildman–Crippen LogP) is 17.7. The van der Waals surface area contributed by atoms with E-state index in [2.05, 4.69) is 287 Å². The Morgan fingerprint density at radius 2 is 0.771 bits per heavy atom. The van der Waals surface area contributed by atoms with Crippen molar-refractivity contribution in [1.29, 1.82) is 0 Å². The number of anilines is 6. The van der Waals surface area contributed by atoms with Crippen LogP contribution in [0.3, 0.4) is 0 Å². The molecule has 328 valence electrons. The van der Waals surface area contributed by atoms with E-state index in [0.717, 1.165) is 45.3 Å². The van der Waals surface area contributed by atoms with Crippen molar-refractivity contribution in [2.75, 3.05) is 9.80 Å². The summed E-state index contributed by atoms with van der Waals surface area (Å²) in [4.78, 5) is 4.90. The zero-order valence-corrected chi connectivity index (χ0v) is 38.3. The normalized spacial score (nSPS) is 14.1. The second kappa shape index (κ2) is 16.0. The fourth-order valence-corrected chi connectivity index (χ4v) is 11.9. The number of rotatable bonds is 8. The number of nitrogens with zero attached hydrogens (tertiary/aromatic N) is 3. The van der Waals surface area contributed by atoms with Crippen molar-refractivity contribution < 1.29 is 0 Å². The highest BCUT2D eigenvalue weighted by molar-refractivity contribution is 6.11. The van der Waals surface area contributed by atoms with E-state index in [9.17, 15) is 0 Å². The van der Waals surface area contributed by atoms with Crippen LogP contribution in [0.25, 0.3) is 60.9 Å². The van der Waals surface area contributed by atoms with Crippen LogP contribution in [0.1, 0.15) is 22.3 Å². The topological polar surface area (TPSA) is 11.4 Å². The molecule has 70 heavy (non-hydrogen) atoms. The van der Waals surface area contributed by atoms with Crippen LogP contribution in [0.5, 0.6) is 0 Å². The number of para-hydroxylation sites is 4. The third kappa shape index (κ3) is 5.95. The maximum absolute atomic E-state index is 2.52. The van der Waals surface area contributed by atoms with Crippen LogP contribution >= 0.6 is 0 Å². The fraction of sp³-hybridized carbons (Fsp3) is 0.0149. The summed E-state index contributed by atoms with van der Waals surface area (Å²) in [5.74, 6) is 0. The van der Waals surface area contributed by atoms with Gasteiger partial charge in [-0.25, -0.2) is 0 Å². The standard InChI is InChI=1S/C67H45N3/c1-5-20-46(21-6-1)47-36-38-51(39-37-47)69(53-40-42-57-56-30-15-18-34-63(56)70(65(57)45-53)50-26-11-4-12-27-50)64-35-19-31-58-54-28-13-16-32-60(54)67(66(58)64)61-33-17-14-29-55(61)59-44-52(41-43-62(59)67)68(48-22-7-2-8-23-48)49-24-9-3-10-25-49/h1-45H. The van der Waals surface area contributed by atoms with Gasteiger partial charge in [0, 0.05) is 50.5 Å². The molecule has 0 bridgehead atoms. The molecule has 1 unspecified atom stereocenters. The minimum absolute atomic E-state index is 0.622. The van der Waals surface area contributed by atoms with Crippen LogP contribution in [-0.4, -0.2) is 4.57 Å². The van der Waals surface area contributed by atoms with E-state index >= 15 is 0 Å². The molecule has 1 aromatic heterocycles. The van der Waals surface area contributed by atoms with Gasteiger partial charge < -0.3 is 14.4 Å². The number of fused-ring (bicyclic) bond motifs is 13. The fourth-order valence-electron chi connectivity index (χ4n) is 11.9. The summed E-state index contributed by atoms with van der Waals surface area (Å²) in [5.41, 5.74) is 22.1. The molecule has 3 heteroatoms. The van der Waals surface area contributed by atoms with E-state index < -0.39 is 5.41 Å². The minimum atomic E-state index is -0.622. The first-order valence-electron chi connectivity index (χ1n) is 24.2. The first kappa shape index (κ1) is 39.9. The molecular formula is C67H45N3. The van der Waals surface area contributed by atoms with Crippen molar-refractivity contribution in [3.63, 3.8) is 0 Å². The molecule has 1 spiro atoms. The Hall–Kier alpha value is -9.18. The second-order valence-corrected chi connectivity index (χ2v) is 18.4. The molecule has 0 saturated heterocycles. The average molecular weight is 892 g/mol. The zero-order chi connectivity index (χ0) is 46.2. The molecule has 0 aliphatic heterocycles. The Kier molecular flexibility index (Phi) is 9.11. The molecule has 0 amide bonds. The molecule has 0 radical (unpaired) electrons. The van der Waals surface area contributed by atoms with Crippen molar-refractivity contribution in [2.45, 2.75) is 5.41 Å². The Balaban J connectivity index is 1.04. The van der Waals surface area contributed by atoms with E-state index in [1.54, 1.807) is 0 Å². The van der Waals surface area contributed by atoms with Gasteiger partial charge in [-0.05, 0) is 135 Å². The summed E-state index contributed by atoms with van der Waals surface area (Å²) >= 11 is 0. The Labute approximate surface area is 408 Å². The van der Waals surface area contributed by atoms with Crippen LogP contribution in [0, 0.1) is 0 Å². The summed E-state index contributed by atoms with van der Waals surface area (Å²) < 4.78 is 2.42. The van der Waals surface area contributed by atoms with Crippen LogP contribution in [0.15, 0.2) is 273 Å². The maximum atomic E-state index is 2.52. The van der Waals surface area contributed by atoms with Gasteiger partial charge in [0.1, 0.15) is 0 Å². The molecule has 0 N–H and O–H groups in total. The van der Waals surface area contributed by atoms with Gasteiger partial charge in [-0.2, -0.15) is 0 Å². The molecule has 11 aromatic carbocycles. The quantitative estimate of drug-likeness (QED) is 0.151. The molecule has 1 atom stereocenters. The number of hydrogen-bond acceptors (Lipinski definition) is 2. The van der Waals surface area contributed by atoms with E-state index in [-0.39, 0.29) is 0 Å². The number of aromatic nitrogens is 1. The number of benzene rings is 11. The first-order chi connectivity index (χ1) is 34.8. The molecule has 1 heterocycles. The van der Waals surface area contributed by atoms with Crippen LogP contribution in [0.2, 0.25) is 0 Å². The predicted molar refractivity (Wildman–Crippen MR) is 292 cm³/mol. The van der Waals surface area contributed by atoms with Crippen LogP contribution in [-0.2, 0) is 5.41 Å². The monoisotopic (exact) mass is 891 g/mol. The van der Waals surface area contributed by atoms with Crippen molar-refractivity contribution in [3.8, 4) is 39.1 Å². The lowest BCUT2D eigenvalue weighted by molar-refractivity contribution is 0.793. The Morgan fingerprint density at radius 1 is 0.286 bits per heavy atom. The van der Waals surface area contributed by atoms with E-state index in [1.165, 1.54) is 71.9 Å². The Bertz CT molecular complexity index is 3900. The summed E-state index contributed by atoms with van der Waals surface area (Å²) in [6.45, 7) is 0. The highest BCUT2D eigenvalue weighted by Crippen LogP contribution is 2.66. The van der Waals surface area contributed by atoms with Gasteiger partial charge in [0.2, 0.25) is 0 Å². The molecule has 0 saturated carbocycles. The summed E-state index contributed by atoms with van der Waals surface area (Å²) in [7, 11) is 0. The second-order valence-electron chi connectivity index (χ2n) is 18.4. The van der Waals surface area contributed by atoms with Crippen molar-refractivity contribution >= 4 is 55.9 Å². The highest BCUT2D eigenvalue weighted by Gasteiger charge is 2.53. The Morgan fingerprint density at radius 3 is 1.47 bits per heavy atom. The molecule has 12 aromatic rings. The smallest absolute Gasteiger partial charge is 0.0746 e. The highest BCUT2D eigenvalue weighted by atomic mass is 15.2. The molecule has 14 rings (SSSR count). The molecule has 2 aliphatic carbocycles. The van der Waals surface area contributed by atoms with E-state index in [4.69, 9.17) is 0 Å². The summed E-state index contributed by atoms with van der Waals surface area (Å²) in [6.07, 6.45) is 0. The molecule has 2 aliphatic rings. The molecular weight excluding hydrogens is 847 g/mol. The first-order valence-corrected chi connectivity index (χ1v) is 24.2. The van der Waals surface area contributed by atoms with Crippen molar-refractivity contribution in [3.05, 3.63) is 295 Å². The SMILES string of the molecule is c1ccc(-c2ccc(N(c3ccc4c5ccccc5n(-c5ccccc5)c4c3)c3cccc4c3C3(c5ccccc5-c5cc(N(c6ccccc6)c6ccccc6)ccc53)c3ccccc3-4)cc2)cc1. The average Bonchev–Trinajstić information content (AvgIpc) is 4.04. The molecule has 0 fully saturated rings. The van der Waals surface area contributed by atoms with Gasteiger partial charge in [-0.3, -0.25) is 0 Å². The van der Waals surface area contributed by atoms with Gasteiger partial charge in [-0.15, -0.1) is 0 Å². The van der Waals surface area contributed by atoms with Gasteiger partial charge in [0.05, 0.1) is 22.1 Å². The van der Waals surface area contributed by atoms with Gasteiger partial charge in [0.25, 0.3) is 0 Å². The van der Waals surface area contributed by atoms with Gasteiger partial charge in [0.15, 0.2) is 0 Å². The largest absolute Gasteiger partial charge is 0.310 e.